The molecule has 0 fully saturated rings. The summed E-state index contributed by atoms with van der Waals surface area (Å²) in [5.74, 6) is 1.39. The third-order valence-corrected chi connectivity index (χ3v) is 12.8. The van der Waals surface area contributed by atoms with Crippen LogP contribution in [0.4, 0.5) is 0 Å². The molecule has 0 saturated carbocycles. The summed E-state index contributed by atoms with van der Waals surface area (Å²) < 4.78 is 3.64. The zero-order chi connectivity index (χ0) is 20.6. The van der Waals surface area contributed by atoms with Crippen LogP contribution in [0.1, 0.15) is 94.9 Å². The van der Waals surface area contributed by atoms with E-state index in [2.05, 4.69) is 81.4 Å². The largest absolute Gasteiger partial charge is 1.00 e. The van der Waals surface area contributed by atoms with Gasteiger partial charge in [0, 0.05) is 0 Å². The van der Waals surface area contributed by atoms with Gasteiger partial charge in [-0.1, -0.05) is 0 Å². The fourth-order valence-corrected chi connectivity index (χ4v) is 9.44. The van der Waals surface area contributed by atoms with Crippen molar-refractivity contribution >= 4 is 0 Å². The van der Waals surface area contributed by atoms with E-state index in [-0.39, 0.29) is 24.8 Å². The Kier molecular flexibility index (Phi) is 11.5. The van der Waals surface area contributed by atoms with Crippen molar-refractivity contribution in [2.24, 2.45) is 22.7 Å². The summed E-state index contributed by atoms with van der Waals surface area (Å²) in [5, 5.41) is 0. The van der Waals surface area contributed by atoms with E-state index < -0.39 is 23.2 Å². The fourth-order valence-electron chi connectivity index (χ4n) is 4.71. The number of halogens is 2. The standard InChI is InChI=1S/2C13H21.2ClH.Zr/c2*1-6-13(5,10(2)3)12-8-7-11(4)9-12;;;/h2*8,10H,6-7H2,1-5H3;2*1H;/q;;;;+2/p-2. The van der Waals surface area contributed by atoms with Crippen LogP contribution in [0.3, 0.4) is 0 Å². The summed E-state index contributed by atoms with van der Waals surface area (Å²) in [6.07, 6.45) is 10.0. The van der Waals surface area contributed by atoms with Gasteiger partial charge >= 0.3 is 182 Å². The molecule has 0 radical (unpaired) electrons. The van der Waals surface area contributed by atoms with Gasteiger partial charge in [0.15, 0.2) is 0 Å². The van der Waals surface area contributed by atoms with Crippen LogP contribution in [-0.2, 0) is 23.2 Å². The third kappa shape index (κ3) is 5.44. The van der Waals surface area contributed by atoms with E-state index in [9.17, 15) is 0 Å². The summed E-state index contributed by atoms with van der Waals surface area (Å²) in [6.45, 7) is 24.3. The SMILES string of the molecule is CCC(C)(C1=CCC(C)=[C]1[Zr+2][C]1=C(C)CC=C1C(C)(CC)C(C)C)C(C)C.[Cl-].[Cl-]. The first-order chi connectivity index (χ1) is 12.5. The van der Waals surface area contributed by atoms with E-state index in [1.807, 2.05) is 6.56 Å². The van der Waals surface area contributed by atoms with Gasteiger partial charge in [0.05, 0.1) is 0 Å². The quantitative estimate of drug-likeness (QED) is 0.465. The van der Waals surface area contributed by atoms with E-state index in [0.29, 0.717) is 22.7 Å². The van der Waals surface area contributed by atoms with E-state index in [1.165, 1.54) is 25.7 Å². The molecule has 2 aliphatic carbocycles. The molecule has 3 heteroatoms. The second-order valence-electron chi connectivity index (χ2n) is 9.93. The second-order valence-corrected chi connectivity index (χ2v) is 13.0. The molecule has 0 aromatic rings. The van der Waals surface area contributed by atoms with Crippen LogP contribution in [0.5, 0.6) is 0 Å². The van der Waals surface area contributed by atoms with Gasteiger partial charge in [-0.25, -0.2) is 0 Å². The van der Waals surface area contributed by atoms with Crippen molar-refractivity contribution in [3.63, 3.8) is 0 Å². The van der Waals surface area contributed by atoms with Crippen molar-refractivity contribution in [2.75, 3.05) is 0 Å². The van der Waals surface area contributed by atoms with Crippen LogP contribution in [0, 0.1) is 22.7 Å². The Labute approximate surface area is 205 Å². The second kappa shape index (κ2) is 11.3. The molecule has 0 N–H and O–H groups in total. The van der Waals surface area contributed by atoms with Crippen LogP contribution in [-0.4, -0.2) is 0 Å². The van der Waals surface area contributed by atoms with Gasteiger partial charge in [-0.05, 0) is 0 Å². The van der Waals surface area contributed by atoms with Crippen LogP contribution < -0.4 is 24.8 Å². The first-order valence-electron chi connectivity index (χ1n) is 11.1. The topological polar surface area (TPSA) is 0 Å². The first-order valence-corrected chi connectivity index (χ1v) is 13.6. The van der Waals surface area contributed by atoms with Gasteiger partial charge < -0.3 is 24.8 Å². The third-order valence-electron chi connectivity index (χ3n) is 8.12. The summed E-state index contributed by atoms with van der Waals surface area (Å²) in [5.41, 5.74) is 7.45. The molecular weight excluding hydrogens is 474 g/mol. The molecular formula is C26H42Cl2Zr. The summed E-state index contributed by atoms with van der Waals surface area (Å²) in [6, 6.07) is 0. The van der Waals surface area contributed by atoms with Gasteiger partial charge in [-0.2, -0.15) is 0 Å². The maximum Gasteiger partial charge on any atom is -1.00 e. The van der Waals surface area contributed by atoms with E-state index in [0.717, 1.165) is 0 Å². The minimum Gasteiger partial charge on any atom is -1.00 e. The maximum atomic E-state index is 2.59. The molecule has 0 heterocycles. The van der Waals surface area contributed by atoms with Crippen LogP contribution in [0.25, 0.3) is 0 Å². The number of allylic oxidation sites excluding steroid dienone is 8. The molecule has 2 rings (SSSR count). The molecule has 2 aliphatic rings. The molecule has 0 aliphatic heterocycles. The van der Waals surface area contributed by atoms with Crippen molar-refractivity contribution < 1.29 is 48.0 Å². The fraction of sp³-hybridized carbons (Fsp3) is 0.692. The molecule has 0 aromatic carbocycles. The number of rotatable bonds is 8. The Bertz CT molecular complexity index is 648. The average Bonchev–Trinajstić information content (AvgIpc) is 3.17. The Balaban J connectivity index is 0.00000392. The number of hydrogen-bond donors (Lipinski definition) is 0. The van der Waals surface area contributed by atoms with Gasteiger partial charge in [0.2, 0.25) is 0 Å². The molecule has 164 valence electrons. The first kappa shape index (κ1) is 29.4. The monoisotopic (exact) mass is 514 g/mol. The minimum atomic E-state index is -0.800. The van der Waals surface area contributed by atoms with E-state index in [4.69, 9.17) is 0 Å². The van der Waals surface area contributed by atoms with E-state index in [1.54, 1.807) is 22.3 Å². The Morgan fingerprint density at radius 3 is 1.31 bits per heavy atom. The maximum absolute atomic E-state index is 2.59. The van der Waals surface area contributed by atoms with Gasteiger partial charge in [-0.3, -0.25) is 0 Å². The predicted molar refractivity (Wildman–Crippen MR) is 117 cm³/mol. The summed E-state index contributed by atoms with van der Waals surface area (Å²) in [4.78, 5) is 0. The Morgan fingerprint density at radius 1 is 0.759 bits per heavy atom. The molecule has 0 amide bonds. The van der Waals surface area contributed by atoms with Crippen molar-refractivity contribution in [3.8, 4) is 0 Å². The van der Waals surface area contributed by atoms with Crippen LogP contribution in [0.15, 0.2) is 41.0 Å². The van der Waals surface area contributed by atoms with Gasteiger partial charge in [0.25, 0.3) is 0 Å². The zero-order valence-corrected chi connectivity index (χ0v) is 24.4. The average molecular weight is 517 g/mol. The van der Waals surface area contributed by atoms with Gasteiger partial charge in [-0.15, -0.1) is 0 Å². The summed E-state index contributed by atoms with van der Waals surface area (Å²) in [7, 11) is 0. The van der Waals surface area contributed by atoms with Crippen molar-refractivity contribution in [3.05, 3.63) is 41.0 Å². The summed E-state index contributed by atoms with van der Waals surface area (Å²) >= 11 is -0.800. The number of hydrogen-bond acceptors (Lipinski definition) is 0. The van der Waals surface area contributed by atoms with Gasteiger partial charge in [0.1, 0.15) is 0 Å². The molecule has 0 saturated heterocycles. The molecule has 0 nitrogen and oxygen atoms in total. The molecule has 2 atom stereocenters. The van der Waals surface area contributed by atoms with Crippen molar-refractivity contribution in [1.29, 1.82) is 0 Å². The minimum absolute atomic E-state index is 0. The van der Waals surface area contributed by atoms with Crippen LogP contribution in [0.2, 0.25) is 0 Å². The normalized spacial score (nSPS) is 20.7. The molecule has 0 aromatic heterocycles. The zero-order valence-electron chi connectivity index (χ0n) is 20.4. The van der Waals surface area contributed by atoms with E-state index >= 15 is 0 Å². The smallest absolute Gasteiger partial charge is 1.00 e. The predicted octanol–water partition coefficient (Wildman–Crippen LogP) is 2.43. The Morgan fingerprint density at radius 2 is 1.07 bits per heavy atom. The molecule has 0 bridgehead atoms. The van der Waals surface area contributed by atoms with Crippen molar-refractivity contribution in [1.82, 2.24) is 0 Å². The Hall–Kier alpha value is 0.423. The van der Waals surface area contributed by atoms with Crippen molar-refractivity contribution in [2.45, 2.75) is 94.9 Å². The molecule has 2 unspecified atom stereocenters. The molecule has 29 heavy (non-hydrogen) atoms. The van der Waals surface area contributed by atoms with Crippen LogP contribution >= 0.6 is 0 Å². The molecule has 0 spiro atoms.